The highest BCUT2D eigenvalue weighted by Gasteiger charge is 2.38. The minimum Gasteiger partial charge on any atom is -0.381 e. The van der Waals surface area contributed by atoms with Crippen LogP contribution in [0.3, 0.4) is 0 Å². The SMILES string of the molecule is C=C(NCc1c(F)cc(F)cc1P)C1=CN2CC3CC(C)CCN3C(=C)C2=C(C)C1=C. The summed E-state index contributed by atoms with van der Waals surface area (Å²) in [5, 5.41) is 3.70. The van der Waals surface area contributed by atoms with E-state index in [1.54, 1.807) is 0 Å². The van der Waals surface area contributed by atoms with Crippen molar-refractivity contribution in [2.75, 3.05) is 13.1 Å². The Bertz CT molecular complexity index is 1020. The van der Waals surface area contributed by atoms with Crippen LogP contribution in [0.25, 0.3) is 0 Å². The van der Waals surface area contributed by atoms with Gasteiger partial charge in [-0.05, 0) is 48.2 Å². The average Bonchev–Trinajstić information content (AvgIpc) is 2.69. The van der Waals surface area contributed by atoms with Gasteiger partial charge >= 0.3 is 0 Å². The van der Waals surface area contributed by atoms with Crippen LogP contribution in [0, 0.1) is 17.6 Å². The number of piperidine rings is 1. The molecule has 3 nitrogen and oxygen atoms in total. The van der Waals surface area contributed by atoms with E-state index in [4.69, 9.17) is 0 Å². The Morgan fingerprint density at radius 2 is 2.03 bits per heavy atom. The lowest BCUT2D eigenvalue weighted by molar-refractivity contribution is 0.109. The number of hydrogen-bond donors (Lipinski definition) is 1. The molecule has 3 unspecified atom stereocenters. The fraction of sp³-hybridized carbons (Fsp3) is 0.360. The summed E-state index contributed by atoms with van der Waals surface area (Å²) in [4.78, 5) is 4.72. The molecule has 164 valence electrons. The summed E-state index contributed by atoms with van der Waals surface area (Å²) in [6, 6.07) is 2.66. The van der Waals surface area contributed by atoms with Crippen molar-refractivity contribution in [2.24, 2.45) is 5.92 Å². The third kappa shape index (κ3) is 3.96. The quantitative estimate of drug-likeness (QED) is 0.682. The number of nitrogens with zero attached hydrogens (tertiary/aromatic N) is 2. The highest BCUT2D eigenvalue weighted by atomic mass is 31.0. The van der Waals surface area contributed by atoms with E-state index in [1.807, 2.05) is 0 Å². The first-order valence-electron chi connectivity index (χ1n) is 10.7. The second kappa shape index (κ2) is 8.27. The van der Waals surface area contributed by atoms with Gasteiger partial charge in [0.25, 0.3) is 0 Å². The Morgan fingerprint density at radius 1 is 1.29 bits per heavy atom. The molecular formula is C25H30F2N3P. The summed E-state index contributed by atoms with van der Waals surface area (Å²) < 4.78 is 27.6. The van der Waals surface area contributed by atoms with E-state index in [9.17, 15) is 8.78 Å². The van der Waals surface area contributed by atoms with E-state index in [0.29, 0.717) is 28.5 Å². The van der Waals surface area contributed by atoms with Gasteiger partial charge in [0.05, 0.1) is 11.4 Å². The molecule has 3 atom stereocenters. The van der Waals surface area contributed by atoms with E-state index in [-0.39, 0.29) is 6.54 Å². The smallest absolute Gasteiger partial charge is 0.131 e. The molecule has 1 aromatic carbocycles. The van der Waals surface area contributed by atoms with Crippen molar-refractivity contribution in [3.05, 3.63) is 89.1 Å². The van der Waals surface area contributed by atoms with Crippen molar-refractivity contribution in [1.29, 1.82) is 0 Å². The molecule has 31 heavy (non-hydrogen) atoms. The maximum atomic E-state index is 14.2. The minimum absolute atomic E-state index is 0.213. The van der Waals surface area contributed by atoms with Gasteiger partial charge in [-0.25, -0.2) is 8.78 Å². The van der Waals surface area contributed by atoms with Crippen LogP contribution in [0.2, 0.25) is 0 Å². The molecule has 0 aromatic heterocycles. The Hall–Kier alpha value is -2.39. The zero-order valence-corrected chi connectivity index (χ0v) is 19.4. The van der Waals surface area contributed by atoms with Crippen LogP contribution in [0.1, 0.15) is 32.3 Å². The normalized spacial score (nSPS) is 23.5. The molecule has 0 saturated carbocycles. The molecule has 2 fully saturated rings. The summed E-state index contributed by atoms with van der Waals surface area (Å²) in [7, 11) is 2.39. The van der Waals surface area contributed by atoms with E-state index in [2.05, 4.69) is 64.1 Å². The maximum Gasteiger partial charge on any atom is 0.131 e. The molecule has 0 radical (unpaired) electrons. The number of allylic oxidation sites excluding steroid dienone is 2. The Labute approximate surface area is 186 Å². The van der Waals surface area contributed by atoms with E-state index >= 15 is 0 Å². The van der Waals surface area contributed by atoms with Crippen LogP contribution in [-0.4, -0.2) is 28.9 Å². The first-order chi connectivity index (χ1) is 14.7. The van der Waals surface area contributed by atoms with Crippen LogP contribution in [0.5, 0.6) is 0 Å². The van der Waals surface area contributed by atoms with Gasteiger partial charge < -0.3 is 15.1 Å². The highest BCUT2D eigenvalue weighted by molar-refractivity contribution is 7.27. The van der Waals surface area contributed by atoms with Crippen molar-refractivity contribution in [1.82, 2.24) is 15.1 Å². The summed E-state index contributed by atoms with van der Waals surface area (Å²) in [6.45, 7) is 19.4. The minimum atomic E-state index is -0.585. The third-order valence-electron chi connectivity index (χ3n) is 6.71. The highest BCUT2D eigenvalue weighted by Crippen LogP contribution is 2.41. The van der Waals surface area contributed by atoms with Gasteiger partial charge in [-0.3, -0.25) is 0 Å². The molecule has 1 aromatic rings. The molecule has 0 amide bonds. The monoisotopic (exact) mass is 441 g/mol. The number of piperazine rings is 1. The van der Waals surface area contributed by atoms with Crippen molar-refractivity contribution < 1.29 is 8.78 Å². The molecule has 0 spiro atoms. The molecule has 3 heterocycles. The van der Waals surface area contributed by atoms with Gasteiger partial charge in [-0.2, -0.15) is 0 Å². The van der Waals surface area contributed by atoms with Crippen LogP contribution in [0.4, 0.5) is 8.78 Å². The lowest BCUT2D eigenvalue weighted by atomic mass is 9.86. The van der Waals surface area contributed by atoms with Crippen LogP contribution in [-0.2, 0) is 6.54 Å². The molecule has 4 rings (SSSR count). The average molecular weight is 442 g/mol. The van der Waals surface area contributed by atoms with Crippen molar-refractivity contribution in [3.63, 3.8) is 0 Å². The van der Waals surface area contributed by atoms with Crippen molar-refractivity contribution >= 4 is 14.5 Å². The maximum absolute atomic E-state index is 14.2. The molecule has 3 aliphatic rings. The number of benzene rings is 1. The Balaban J connectivity index is 1.55. The first kappa shape index (κ1) is 21.8. The van der Waals surface area contributed by atoms with Crippen molar-refractivity contribution in [2.45, 2.75) is 39.3 Å². The zero-order chi connectivity index (χ0) is 22.4. The summed E-state index contributed by atoms with van der Waals surface area (Å²) in [6.07, 6.45) is 4.44. The predicted molar refractivity (Wildman–Crippen MR) is 126 cm³/mol. The molecule has 0 bridgehead atoms. The number of halogens is 2. The van der Waals surface area contributed by atoms with E-state index in [0.717, 1.165) is 53.7 Å². The van der Waals surface area contributed by atoms with Crippen molar-refractivity contribution in [3.8, 4) is 0 Å². The van der Waals surface area contributed by atoms with E-state index in [1.165, 1.54) is 12.5 Å². The molecule has 0 aliphatic carbocycles. The number of hydrogen-bond acceptors (Lipinski definition) is 3. The van der Waals surface area contributed by atoms with E-state index < -0.39 is 11.6 Å². The largest absolute Gasteiger partial charge is 0.381 e. The summed E-state index contributed by atoms with van der Waals surface area (Å²) in [5.41, 5.74) is 6.14. The van der Waals surface area contributed by atoms with Crippen LogP contribution >= 0.6 is 9.24 Å². The zero-order valence-electron chi connectivity index (χ0n) is 18.3. The number of nitrogens with one attached hydrogen (secondary N) is 1. The Morgan fingerprint density at radius 3 is 2.74 bits per heavy atom. The van der Waals surface area contributed by atoms with Gasteiger partial charge in [0, 0.05) is 54.8 Å². The summed E-state index contributed by atoms with van der Waals surface area (Å²) >= 11 is 0. The fourth-order valence-corrected chi connectivity index (χ4v) is 5.29. The van der Waals surface area contributed by atoms with Gasteiger partial charge in [0.2, 0.25) is 0 Å². The Kier molecular flexibility index (Phi) is 5.83. The topological polar surface area (TPSA) is 18.5 Å². The van der Waals surface area contributed by atoms with Crippen LogP contribution in [0.15, 0.2) is 71.9 Å². The van der Waals surface area contributed by atoms with Gasteiger partial charge in [0.1, 0.15) is 11.6 Å². The lowest BCUT2D eigenvalue weighted by Gasteiger charge is -2.50. The van der Waals surface area contributed by atoms with Crippen LogP contribution < -0.4 is 10.6 Å². The van der Waals surface area contributed by atoms with Gasteiger partial charge in [-0.1, -0.05) is 26.7 Å². The number of rotatable bonds is 4. The fourth-order valence-electron chi connectivity index (χ4n) is 4.89. The molecule has 2 saturated heterocycles. The molecule has 6 heteroatoms. The summed E-state index contributed by atoms with van der Waals surface area (Å²) in [5.74, 6) is -0.440. The second-order valence-electron chi connectivity index (χ2n) is 8.86. The number of fused-ring (bicyclic) bond motifs is 2. The van der Waals surface area contributed by atoms with Gasteiger partial charge in [0.15, 0.2) is 0 Å². The molecular weight excluding hydrogens is 411 g/mol. The third-order valence-corrected chi connectivity index (χ3v) is 7.22. The predicted octanol–water partition coefficient (Wildman–Crippen LogP) is 4.73. The molecule has 3 aliphatic heterocycles. The lowest BCUT2D eigenvalue weighted by Crippen LogP contribution is -2.52. The second-order valence-corrected chi connectivity index (χ2v) is 9.48. The first-order valence-corrected chi connectivity index (χ1v) is 11.3. The standard InChI is InChI=1S/C25H30F2N3P/c1-14-6-7-30-18(5)25-16(3)15(2)22(13-29(25)12-20(30)8-14)17(4)28-11-21-23(27)9-19(26)10-24(21)31/h9-10,13-14,20,28H,2,4-8,11-12,31H2,1,3H3. The van der Waals surface area contributed by atoms with Gasteiger partial charge in [-0.15, -0.1) is 9.24 Å². The molecule has 1 N–H and O–H groups in total.